The number of nitrogens with one attached hydrogen (secondary N) is 1. The van der Waals surface area contributed by atoms with Crippen LogP contribution in [0.3, 0.4) is 0 Å². The number of methoxy groups -OCH3 is 1. The van der Waals surface area contributed by atoms with Gasteiger partial charge in [-0.3, -0.25) is 4.79 Å². The third-order valence-electron chi connectivity index (χ3n) is 4.46. The summed E-state index contributed by atoms with van der Waals surface area (Å²) < 4.78 is 10.8. The van der Waals surface area contributed by atoms with Gasteiger partial charge in [-0.2, -0.15) is 5.10 Å². The largest absolute Gasteiger partial charge is 0.497 e. The SMILES string of the molecule is COc1ccc(-c2nnc(SCC(=O)NN=C(c3ccccc3)c3ccccc3)o2)cc1. The van der Waals surface area contributed by atoms with Crippen LogP contribution in [0.25, 0.3) is 11.5 Å². The molecule has 0 radical (unpaired) electrons. The summed E-state index contributed by atoms with van der Waals surface area (Å²) in [6.45, 7) is 0. The Morgan fingerprint density at radius 1 is 0.938 bits per heavy atom. The predicted molar refractivity (Wildman–Crippen MR) is 124 cm³/mol. The Bertz CT molecular complexity index is 1150. The maximum atomic E-state index is 12.4. The molecule has 32 heavy (non-hydrogen) atoms. The number of amides is 1. The van der Waals surface area contributed by atoms with Crippen LogP contribution in [0.4, 0.5) is 0 Å². The van der Waals surface area contributed by atoms with Crippen molar-refractivity contribution < 1.29 is 13.9 Å². The van der Waals surface area contributed by atoms with E-state index < -0.39 is 0 Å². The number of benzene rings is 3. The summed E-state index contributed by atoms with van der Waals surface area (Å²) in [6, 6.07) is 26.7. The molecule has 1 amide bonds. The van der Waals surface area contributed by atoms with E-state index in [2.05, 4.69) is 20.7 Å². The number of thioether (sulfide) groups is 1. The van der Waals surface area contributed by atoms with Crippen LogP contribution in [-0.4, -0.2) is 34.7 Å². The molecule has 1 N–H and O–H groups in total. The van der Waals surface area contributed by atoms with Crippen molar-refractivity contribution in [3.63, 3.8) is 0 Å². The first kappa shape index (κ1) is 21.3. The number of carbonyl (C=O) groups excluding carboxylic acids is 1. The maximum Gasteiger partial charge on any atom is 0.277 e. The molecule has 1 heterocycles. The lowest BCUT2D eigenvalue weighted by atomic mass is 10.0. The molecular weight excluding hydrogens is 424 g/mol. The van der Waals surface area contributed by atoms with E-state index in [0.717, 1.165) is 34.2 Å². The second-order valence-corrected chi connectivity index (χ2v) is 7.54. The molecular formula is C24H20N4O3S. The monoisotopic (exact) mass is 444 g/mol. The van der Waals surface area contributed by atoms with Crippen molar-refractivity contribution in [2.24, 2.45) is 5.10 Å². The quantitative estimate of drug-likeness (QED) is 0.246. The van der Waals surface area contributed by atoms with Crippen molar-refractivity contribution >= 4 is 23.4 Å². The summed E-state index contributed by atoms with van der Waals surface area (Å²) in [5, 5.41) is 12.7. The molecule has 0 atom stereocenters. The molecule has 0 bridgehead atoms. The third-order valence-corrected chi connectivity index (χ3v) is 5.28. The van der Waals surface area contributed by atoms with E-state index >= 15 is 0 Å². The highest BCUT2D eigenvalue weighted by Gasteiger charge is 2.12. The molecule has 0 saturated carbocycles. The number of rotatable bonds is 8. The number of aromatic nitrogens is 2. The Morgan fingerprint density at radius 3 is 2.16 bits per heavy atom. The summed E-state index contributed by atoms with van der Waals surface area (Å²) in [6.07, 6.45) is 0. The fourth-order valence-electron chi connectivity index (χ4n) is 2.88. The van der Waals surface area contributed by atoms with Gasteiger partial charge in [-0.1, -0.05) is 72.4 Å². The Balaban J connectivity index is 1.40. The minimum Gasteiger partial charge on any atom is -0.497 e. The lowest BCUT2D eigenvalue weighted by Gasteiger charge is -2.07. The Kier molecular flexibility index (Phi) is 6.94. The topological polar surface area (TPSA) is 89.6 Å². The Labute approximate surface area is 189 Å². The van der Waals surface area contributed by atoms with Crippen molar-refractivity contribution in [3.05, 3.63) is 96.1 Å². The minimum absolute atomic E-state index is 0.0879. The molecule has 4 rings (SSSR count). The van der Waals surface area contributed by atoms with E-state index in [-0.39, 0.29) is 11.7 Å². The molecule has 0 unspecified atom stereocenters. The van der Waals surface area contributed by atoms with Crippen LogP contribution < -0.4 is 10.2 Å². The zero-order chi connectivity index (χ0) is 22.2. The summed E-state index contributed by atoms with van der Waals surface area (Å²) in [5.74, 6) is 0.933. The number of hydrazone groups is 1. The van der Waals surface area contributed by atoms with Crippen LogP contribution in [0.15, 0.2) is 99.7 Å². The van der Waals surface area contributed by atoms with Crippen LogP contribution >= 0.6 is 11.8 Å². The highest BCUT2D eigenvalue weighted by molar-refractivity contribution is 7.99. The average molecular weight is 445 g/mol. The van der Waals surface area contributed by atoms with E-state index in [0.29, 0.717) is 16.8 Å². The summed E-state index contributed by atoms with van der Waals surface area (Å²) in [5.41, 5.74) is 5.90. The molecule has 7 nitrogen and oxygen atoms in total. The molecule has 160 valence electrons. The predicted octanol–water partition coefficient (Wildman–Crippen LogP) is 4.41. The van der Waals surface area contributed by atoms with Crippen molar-refractivity contribution in [3.8, 4) is 17.2 Å². The fourth-order valence-corrected chi connectivity index (χ4v) is 3.44. The third kappa shape index (κ3) is 5.41. The molecule has 0 aliphatic heterocycles. The highest BCUT2D eigenvalue weighted by Crippen LogP contribution is 2.24. The van der Waals surface area contributed by atoms with Crippen molar-refractivity contribution in [1.82, 2.24) is 15.6 Å². The van der Waals surface area contributed by atoms with Crippen molar-refractivity contribution in [1.29, 1.82) is 0 Å². The summed E-state index contributed by atoms with van der Waals surface area (Å²) in [7, 11) is 1.61. The second kappa shape index (κ2) is 10.4. The van der Waals surface area contributed by atoms with Gasteiger partial charge in [-0.25, -0.2) is 5.43 Å². The number of hydrogen-bond acceptors (Lipinski definition) is 7. The molecule has 0 saturated heterocycles. The van der Waals surface area contributed by atoms with Crippen LogP contribution in [0, 0.1) is 0 Å². The molecule has 0 spiro atoms. The van der Waals surface area contributed by atoms with Gasteiger partial charge in [0, 0.05) is 16.7 Å². The summed E-state index contributed by atoms with van der Waals surface area (Å²) >= 11 is 1.15. The van der Waals surface area contributed by atoms with Gasteiger partial charge in [0.05, 0.1) is 18.6 Å². The van der Waals surface area contributed by atoms with E-state index in [1.807, 2.05) is 84.9 Å². The lowest BCUT2D eigenvalue weighted by Crippen LogP contribution is -2.22. The normalized spacial score (nSPS) is 10.4. The molecule has 8 heteroatoms. The van der Waals surface area contributed by atoms with Gasteiger partial charge in [-0.15, -0.1) is 10.2 Å². The number of hydrogen-bond donors (Lipinski definition) is 1. The standard InChI is InChI=1S/C24H20N4O3S/c1-30-20-14-12-19(13-15-20)23-27-28-24(31-23)32-16-21(29)25-26-22(17-8-4-2-5-9-17)18-10-6-3-7-11-18/h2-15H,16H2,1H3,(H,25,29). The second-order valence-electron chi connectivity index (χ2n) is 6.62. The van der Waals surface area contributed by atoms with E-state index in [4.69, 9.17) is 9.15 Å². The van der Waals surface area contributed by atoms with Gasteiger partial charge in [0.25, 0.3) is 11.1 Å². The maximum absolute atomic E-state index is 12.4. The number of ether oxygens (including phenoxy) is 1. The zero-order valence-electron chi connectivity index (χ0n) is 17.3. The molecule has 4 aromatic rings. The molecule has 0 aliphatic rings. The van der Waals surface area contributed by atoms with E-state index in [9.17, 15) is 4.79 Å². The van der Waals surface area contributed by atoms with Gasteiger partial charge in [0.15, 0.2) is 0 Å². The minimum atomic E-state index is -0.274. The zero-order valence-corrected chi connectivity index (χ0v) is 18.1. The number of nitrogens with zero attached hydrogens (tertiary/aromatic N) is 3. The molecule has 1 aromatic heterocycles. The molecule has 0 aliphatic carbocycles. The Hall–Kier alpha value is -3.91. The Morgan fingerprint density at radius 2 is 1.56 bits per heavy atom. The van der Waals surface area contributed by atoms with Crippen LogP contribution in [0.2, 0.25) is 0 Å². The smallest absolute Gasteiger partial charge is 0.277 e. The van der Waals surface area contributed by atoms with Crippen molar-refractivity contribution in [2.75, 3.05) is 12.9 Å². The van der Waals surface area contributed by atoms with Gasteiger partial charge in [0.1, 0.15) is 5.75 Å². The number of carbonyl (C=O) groups is 1. The van der Waals surface area contributed by atoms with Gasteiger partial charge >= 0.3 is 0 Å². The highest BCUT2D eigenvalue weighted by atomic mass is 32.2. The van der Waals surface area contributed by atoms with Gasteiger partial charge in [0.2, 0.25) is 5.89 Å². The van der Waals surface area contributed by atoms with Gasteiger partial charge < -0.3 is 9.15 Å². The summed E-state index contributed by atoms with van der Waals surface area (Å²) in [4.78, 5) is 12.4. The lowest BCUT2D eigenvalue weighted by molar-refractivity contribution is -0.118. The van der Waals surface area contributed by atoms with Crippen LogP contribution in [0.1, 0.15) is 11.1 Å². The first-order valence-electron chi connectivity index (χ1n) is 9.81. The van der Waals surface area contributed by atoms with Crippen LogP contribution in [-0.2, 0) is 4.79 Å². The molecule has 0 fully saturated rings. The van der Waals surface area contributed by atoms with Crippen molar-refractivity contribution in [2.45, 2.75) is 5.22 Å². The first-order valence-corrected chi connectivity index (χ1v) is 10.8. The van der Waals surface area contributed by atoms with E-state index in [1.54, 1.807) is 7.11 Å². The first-order chi connectivity index (χ1) is 15.7. The fraction of sp³-hybridized carbons (Fsp3) is 0.0833. The van der Waals surface area contributed by atoms with Crippen LogP contribution in [0.5, 0.6) is 5.75 Å². The van der Waals surface area contributed by atoms with E-state index in [1.165, 1.54) is 0 Å². The average Bonchev–Trinajstić information content (AvgIpc) is 3.33. The van der Waals surface area contributed by atoms with Gasteiger partial charge in [-0.05, 0) is 24.3 Å². The molecule has 3 aromatic carbocycles.